The molecule has 0 fully saturated rings. The van der Waals surface area contributed by atoms with Crippen LogP contribution in [0.15, 0.2) is 29.6 Å². The smallest absolute Gasteiger partial charge is 0.0656 e. The molecule has 1 aromatic carbocycles. The molecular formula is C11H8Cl2INS. The van der Waals surface area contributed by atoms with E-state index in [4.69, 9.17) is 28.9 Å². The van der Waals surface area contributed by atoms with E-state index < -0.39 is 0 Å². The molecule has 0 aliphatic heterocycles. The van der Waals surface area contributed by atoms with Crippen LogP contribution < -0.4 is 5.73 Å². The van der Waals surface area contributed by atoms with E-state index in [1.165, 1.54) is 2.88 Å². The lowest BCUT2D eigenvalue weighted by atomic mass is 10.0. The SMILES string of the molecule is NC(c1csc(I)c1)c1ccc(Cl)c(Cl)c1. The van der Waals surface area contributed by atoms with Crippen LogP contribution in [-0.2, 0) is 0 Å². The summed E-state index contributed by atoms with van der Waals surface area (Å²) in [5, 5.41) is 3.16. The Labute approximate surface area is 122 Å². The van der Waals surface area contributed by atoms with Crippen molar-refractivity contribution in [3.05, 3.63) is 53.7 Å². The van der Waals surface area contributed by atoms with Crippen molar-refractivity contribution in [3.63, 3.8) is 0 Å². The van der Waals surface area contributed by atoms with E-state index in [1.807, 2.05) is 12.1 Å². The monoisotopic (exact) mass is 383 g/mol. The fourth-order valence-corrected chi connectivity index (χ4v) is 3.10. The van der Waals surface area contributed by atoms with E-state index >= 15 is 0 Å². The quantitative estimate of drug-likeness (QED) is 0.747. The molecule has 0 bridgehead atoms. The van der Waals surface area contributed by atoms with Gasteiger partial charge in [0.1, 0.15) is 0 Å². The number of rotatable bonds is 2. The van der Waals surface area contributed by atoms with E-state index in [9.17, 15) is 0 Å². The van der Waals surface area contributed by atoms with Crippen LogP contribution in [0.3, 0.4) is 0 Å². The lowest BCUT2D eigenvalue weighted by Gasteiger charge is -2.11. The third-order valence-electron chi connectivity index (χ3n) is 2.25. The Kier molecular flexibility index (Phi) is 4.13. The predicted octanol–water partition coefficient (Wildman–Crippen LogP) is 4.71. The molecule has 5 heteroatoms. The molecule has 84 valence electrons. The average molecular weight is 384 g/mol. The lowest BCUT2D eigenvalue weighted by molar-refractivity contribution is 0.876. The number of hydrogen-bond donors (Lipinski definition) is 1. The zero-order chi connectivity index (χ0) is 11.7. The van der Waals surface area contributed by atoms with E-state index in [2.05, 4.69) is 34.0 Å². The highest BCUT2D eigenvalue weighted by Crippen LogP contribution is 2.29. The Balaban J connectivity index is 2.33. The molecule has 2 rings (SSSR count). The van der Waals surface area contributed by atoms with Gasteiger partial charge in [-0.3, -0.25) is 0 Å². The molecule has 0 radical (unpaired) electrons. The summed E-state index contributed by atoms with van der Waals surface area (Å²) in [6, 6.07) is 7.44. The summed E-state index contributed by atoms with van der Waals surface area (Å²) in [4.78, 5) is 0. The summed E-state index contributed by atoms with van der Waals surface area (Å²) in [5.41, 5.74) is 8.23. The predicted molar refractivity (Wildman–Crippen MR) is 79.5 cm³/mol. The van der Waals surface area contributed by atoms with Gasteiger partial charge in [-0.2, -0.15) is 0 Å². The molecule has 0 aliphatic rings. The second-order valence-electron chi connectivity index (χ2n) is 3.34. The maximum Gasteiger partial charge on any atom is 0.0656 e. The van der Waals surface area contributed by atoms with Gasteiger partial charge in [0.05, 0.1) is 19.0 Å². The van der Waals surface area contributed by atoms with E-state index in [-0.39, 0.29) is 6.04 Å². The summed E-state index contributed by atoms with van der Waals surface area (Å²) in [6.45, 7) is 0. The second kappa shape index (κ2) is 5.23. The highest BCUT2D eigenvalue weighted by Gasteiger charge is 2.11. The van der Waals surface area contributed by atoms with Crippen molar-refractivity contribution >= 4 is 57.1 Å². The highest BCUT2D eigenvalue weighted by atomic mass is 127. The molecule has 1 unspecified atom stereocenters. The minimum atomic E-state index is -0.144. The largest absolute Gasteiger partial charge is 0.320 e. The first kappa shape index (κ1) is 12.6. The summed E-state index contributed by atoms with van der Waals surface area (Å²) in [7, 11) is 0. The third kappa shape index (κ3) is 2.71. The molecule has 2 aromatic rings. The Morgan fingerprint density at radius 3 is 2.44 bits per heavy atom. The van der Waals surface area contributed by atoms with Gasteiger partial charge in [-0.15, -0.1) is 11.3 Å². The molecule has 0 amide bonds. The van der Waals surface area contributed by atoms with Gasteiger partial charge in [0.2, 0.25) is 0 Å². The molecular weight excluding hydrogens is 376 g/mol. The number of nitrogens with two attached hydrogens (primary N) is 1. The summed E-state index contributed by atoms with van der Waals surface area (Å²) in [5.74, 6) is 0. The Morgan fingerprint density at radius 1 is 1.12 bits per heavy atom. The van der Waals surface area contributed by atoms with Crippen LogP contribution in [0.4, 0.5) is 0 Å². The maximum absolute atomic E-state index is 6.15. The van der Waals surface area contributed by atoms with Crippen LogP contribution >= 0.6 is 57.1 Å². The van der Waals surface area contributed by atoms with E-state index in [0.29, 0.717) is 10.0 Å². The lowest BCUT2D eigenvalue weighted by Crippen LogP contribution is -2.10. The van der Waals surface area contributed by atoms with E-state index in [1.54, 1.807) is 17.4 Å². The molecule has 1 nitrogen and oxygen atoms in total. The van der Waals surface area contributed by atoms with E-state index in [0.717, 1.165) is 11.1 Å². The average Bonchev–Trinajstić information content (AvgIpc) is 2.68. The molecule has 0 spiro atoms. The molecule has 1 heterocycles. The first-order valence-electron chi connectivity index (χ1n) is 4.52. The van der Waals surface area contributed by atoms with Crippen LogP contribution in [0.5, 0.6) is 0 Å². The third-order valence-corrected chi connectivity index (χ3v) is 4.80. The molecule has 1 aromatic heterocycles. The summed E-state index contributed by atoms with van der Waals surface area (Å²) < 4.78 is 1.23. The van der Waals surface area contributed by atoms with Crippen molar-refractivity contribution in [1.29, 1.82) is 0 Å². The fraction of sp³-hybridized carbons (Fsp3) is 0.0909. The summed E-state index contributed by atoms with van der Waals surface area (Å²) in [6.07, 6.45) is 0. The zero-order valence-electron chi connectivity index (χ0n) is 8.08. The van der Waals surface area contributed by atoms with Crippen LogP contribution in [0.2, 0.25) is 10.0 Å². The molecule has 2 N–H and O–H groups in total. The Hall–Kier alpha value is 0.190. The van der Waals surface area contributed by atoms with Crippen LogP contribution in [-0.4, -0.2) is 0 Å². The van der Waals surface area contributed by atoms with Crippen LogP contribution in [0, 0.1) is 2.88 Å². The van der Waals surface area contributed by atoms with Gasteiger partial charge in [0, 0.05) is 0 Å². The molecule has 1 atom stereocenters. The number of thiophene rings is 1. The van der Waals surface area contributed by atoms with Crippen molar-refractivity contribution in [2.24, 2.45) is 5.73 Å². The topological polar surface area (TPSA) is 26.0 Å². The van der Waals surface area contributed by atoms with Crippen molar-refractivity contribution < 1.29 is 0 Å². The Bertz CT molecular complexity index is 512. The molecule has 0 aliphatic carbocycles. The van der Waals surface area contributed by atoms with Crippen LogP contribution in [0.1, 0.15) is 17.2 Å². The number of hydrogen-bond acceptors (Lipinski definition) is 2. The normalized spacial score (nSPS) is 12.8. The maximum atomic E-state index is 6.15. The first-order chi connectivity index (χ1) is 7.58. The van der Waals surface area contributed by atoms with Gasteiger partial charge >= 0.3 is 0 Å². The van der Waals surface area contributed by atoms with Gasteiger partial charge in [-0.25, -0.2) is 0 Å². The minimum Gasteiger partial charge on any atom is -0.320 e. The first-order valence-corrected chi connectivity index (χ1v) is 7.24. The highest BCUT2D eigenvalue weighted by molar-refractivity contribution is 14.1. The zero-order valence-corrected chi connectivity index (χ0v) is 12.6. The number of benzene rings is 1. The fourth-order valence-electron chi connectivity index (χ4n) is 1.38. The standard InChI is InChI=1S/C11H8Cl2INS/c12-8-2-1-6(3-9(8)13)11(15)7-4-10(14)16-5-7/h1-5,11H,15H2. The molecule has 16 heavy (non-hydrogen) atoms. The van der Waals surface area contributed by atoms with Crippen molar-refractivity contribution in [3.8, 4) is 0 Å². The minimum absolute atomic E-state index is 0.144. The van der Waals surface area contributed by atoms with Gasteiger partial charge in [-0.1, -0.05) is 29.3 Å². The van der Waals surface area contributed by atoms with Crippen molar-refractivity contribution in [2.75, 3.05) is 0 Å². The van der Waals surface area contributed by atoms with Gasteiger partial charge < -0.3 is 5.73 Å². The van der Waals surface area contributed by atoms with Gasteiger partial charge in [-0.05, 0) is 57.3 Å². The van der Waals surface area contributed by atoms with Gasteiger partial charge in [0.15, 0.2) is 0 Å². The molecule has 0 saturated carbocycles. The second-order valence-corrected chi connectivity index (χ2v) is 6.96. The molecule has 0 saturated heterocycles. The van der Waals surface area contributed by atoms with Crippen molar-refractivity contribution in [1.82, 2.24) is 0 Å². The van der Waals surface area contributed by atoms with Crippen molar-refractivity contribution in [2.45, 2.75) is 6.04 Å². The number of halogens is 3. The van der Waals surface area contributed by atoms with Gasteiger partial charge in [0.25, 0.3) is 0 Å². The van der Waals surface area contributed by atoms with Crippen LogP contribution in [0.25, 0.3) is 0 Å². The summed E-state index contributed by atoms with van der Waals surface area (Å²) >= 11 is 15.8. The Morgan fingerprint density at radius 2 is 1.88 bits per heavy atom.